The number of methoxy groups -OCH3 is 1. The number of benzene rings is 1. The van der Waals surface area contributed by atoms with Crippen LogP contribution in [0.3, 0.4) is 0 Å². The molecule has 2 unspecified atom stereocenters. The van der Waals surface area contributed by atoms with Gasteiger partial charge in [0.2, 0.25) is 5.91 Å². The van der Waals surface area contributed by atoms with E-state index in [4.69, 9.17) is 10.5 Å². The highest BCUT2D eigenvalue weighted by molar-refractivity contribution is 5.85. The molecule has 1 heterocycles. The Morgan fingerprint density at radius 3 is 2.82 bits per heavy atom. The highest BCUT2D eigenvalue weighted by atomic mass is 35.5. The summed E-state index contributed by atoms with van der Waals surface area (Å²) in [5, 5.41) is 2.86. The summed E-state index contributed by atoms with van der Waals surface area (Å²) in [6.07, 6.45) is 1.06. The Labute approximate surface area is 144 Å². The lowest BCUT2D eigenvalue weighted by Gasteiger charge is -2.25. The van der Waals surface area contributed by atoms with Gasteiger partial charge in [-0.3, -0.25) is 4.79 Å². The topological polar surface area (TPSA) is 67.6 Å². The van der Waals surface area contributed by atoms with Crippen molar-refractivity contribution in [3.05, 3.63) is 29.8 Å². The number of nitrogens with two attached hydrogens (primary N) is 1. The van der Waals surface area contributed by atoms with E-state index in [1.165, 1.54) is 18.4 Å². The summed E-state index contributed by atoms with van der Waals surface area (Å²) < 4.78 is 4.87. The molecule has 5 nitrogen and oxygen atoms in total. The molecule has 0 saturated carbocycles. The number of halogens is 2. The molecule has 1 aliphatic heterocycles. The van der Waals surface area contributed by atoms with Crippen LogP contribution >= 0.6 is 24.8 Å². The minimum absolute atomic E-state index is 0. The molecule has 0 bridgehead atoms. The second kappa shape index (κ2) is 9.90. The first kappa shape index (κ1) is 21.0. The number of nitrogens with zero attached hydrogens (tertiary/aromatic N) is 1. The summed E-state index contributed by atoms with van der Waals surface area (Å²) in [7, 11) is 1.54. The van der Waals surface area contributed by atoms with Gasteiger partial charge in [0, 0.05) is 31.9 Å². The molecule has 2 atom stereocenters. The number of hydrogen-bond acceptors (Lipinski definition) is 4. The van der Waals surface area contributed by atoms with Crippen molar-refractivity contribution in [3.63, 3.8) is 0 Å². The molecule has 0 radical (unpaired) electrons. The maximum atomic E-state index is 11.7. The number of amides is 1. The number of carbonyl (C=O) groups excluding carboxylic acids is 1. The van der Waals surface area contributed by atoms with Crippen LogP contribution in [0, 0.1) is 0 Å². The van der Waals surface area contributed by atoms with Crippen LogP contribution in [0.5, 0.6) is 0 Å². The molecule has 0 saturated heterocycles. The number of nitrogens with one attached hydrogen (secondary N) is 1. The van der Waals surface area contributed by atoms with Crippen LogP contribution in [-0.4, -0.2) is 44.8 Å². The minimum Gasteiger partial charge on any atom is -0.383 e. The first-order valence-corrected chi connectivity index (χ1v) is 7.00. The van der Waals surface area contributed by atoms with Crippen molar-refractivity contribution in [3.8, 4) is 0 Å². The molecule has 1 amide bonds. The van der Waals surface area contributed by atoms with Crippen LogP contribution in [0.25, 0.3) is 0 Å². The van der Waals surface area contributed by atoms with Gasteiger partial charge in [-0.15, -0.1) is 24.8 Å². The fraction of sp³-hybridized carbons (Fsp3) is 0.533. The van der Waals surface area contributed by atoms with E-state index in [0.717, 1.165) is 13.0 Å². The maximum absolute atomic E-state index is 11.7. The fourth-order valence-corrected chi connectivity index (χ4v) is 2.66. The van der Waals surface area contributed by atoms with Crippen LogP contribution in [-0.2, 0) is 16.0 Å². The molecular formula is C15H25Cl2N3O2. The molecule has 1 aliphatic rings. The second-order valence-electron chi connectivity index (χ2n) is 5.23. The lowest BCUT2D eigenvalue weighted by molar-refractivity contribution is -0.123. The Balaban J connectivity index is 0.00000220. The average Bonchev–Trinajstić information content (AvgIpc) is 2.75. The lowest BCUT2D eigenvalue weighted by atomic mass is 10.1. The van der Waals surface area contributed by atoms with Gasteiger partial charge in [-0.2, -0.15) is 0 Å². The number of para-hydroxylation sites is 1. The Bertz CT molecular complexity index is 474. The molecule has 0 aliphatic carbocycles. The summed E-state index contributed by atoms with van der Waals surface area (Å²) in [6, 6.07) is 8.30. The predicted molar refractivity (Wildman–Crippen MR) is 94.3 cm³/mol. The van der Waals surface area contributed by atoms with E-state index in [2.05, 4.69) is 41.4 Å². The Morgan fingerprint density at radius 1 is 1.45 bits per heavy atom. The van der Waals surface area contributed by atoms with Crippen molar-refractivity contribution in [1.29, 1.82) is 0 Å². The second-order valence-corrected chi connectivity index (χ2v) is 5.23. The predicted octanol–water partition coefficient (Wildman–Crippen LogP) is 1.37. The average molecular weight is 350 g/mol. The molecule has 2 rings (SSSR count). The molecule has 0 fully saturated rings. The molecule has 126 valence electrons. The van der Waals surface area contributed by atoms with Crippen molar-refractivity contribution in [2.75, 3.05) is 31.7 Å². The lowest BCUT2D eigenvalue weighted by Crippen LogP contribution is -2.46. The van der Waals surface area contributed by atoms with E-state index in [-0.39, 0.29) is 37.3 Å². The van der Waals surface area contributed by atoms with Gasteiger partial charge in [0.25, 0.3) is 0 Å². The van der Waals surface area contributed by atoms with Crippen LogP contribution in [0.2, 0.25) is 0 Å². The van der Waals surface area contributed by atoms with E-state index in [1.807, 2.05) is 0 Å². The van der Waals surface area contributed by atoms with Crippen molar-refractivity contribution >= 4 is 36.4 Å². The van der Waals surface area contributed by atoms with E-state index in [9.17, 15) is 4.79 Å². The van der Waals surface area contributed by atoms with Gasteiger partial charge in [0.05, 0.1) is 6.61 Å². The van der Waals surface area contributed by atoms with Crippen LogP contribution in [0.1, 0.15) is 12.5 Å². The molecule has 0 aromatic heterocycles. The fourth-order valence-electron chi connectivity index (χ4n) is 2.66. The maximum Gasteiger partial charge on any atom is 0.239 e. The van der Waals surface area contributed by atoms with Crippen LogP contribution in [0.4, 0.5) is 5.69 Å². The normalized spacial score (nSPS) is 17.0. The van der Waals surface area contributed by atoms with Gasteiger partial charge in [-0.1, -0.05) is 18.2 Å². The van der Waals surface area contributed by atoms with E-state index >= 15 is 0 Å². The van der Waals surface area contributed by atoms with Gasteiger partial charge in [-0.05, 0) is 25.0 Å². The van der Waals surface area contributed by atoms with Gasteiger partial charge in [-0.25, -0.2) is 0 Å². The van der Waals surface area contributed by atoms with Crippen molar-refractivity contribution in [2.45, 2.75) is 25.4 Å². The Morgan fingerprint density at radius 2 is 2.14 bits per heavy atom. The zero-order valence-corrected chi connectivity index (χ0v) is 14.6. The highest BCUT2D eigenvalue weighted by Crippen LogP contribution is 2.30. The number of carbonyl (C=O) groups is 1. The van der Waals surface area contributed by atoms with Crippen molar-refractivity contribution in [2.24, 2.45) is 5.73 Å². The number of hydrogen-bond donors (Lipinski definition) is 2. The monoisotopic (exact) mass is 349 g/mol. The van der Waals surface area contributed by atoms with Gasteiger partial charge >= 0.3 is 0 Å². The largest absolute Gasteiger partial charge is 0.383 e. The third-order valence-corrected chi connectivity index (χ3v) is 3.68. The molecule has 7 heteroatoms. The first-order valence-electron chi connectivity index (χ1n) is 7.00. The Hall–Kier alpha value is -1.01. The highest BCUT2D eigenvalue weighted by Gasteiger charge is 2.25. The van der Waals surface area contributed by atoms with Crippen LogP contribution < -0.4 is 16.0 Å². The quantitative estimate of drug-likeness (QED) is 0.813. The van der Waals surface area contributed by atoms with E-state index in [0.29, 0.717) is 12.6 Å². The number of anilines is 1. The van der Waals surface area contributed by atoms with E-state index < -0.39 is 6.04 Å². The summed E-state index contributed by atoms with van der Waals surface area (Å²) in [5.74, 6) is -0.160. The zero-order valence-electron chi connectivity index (χ0n) is 13.0. The van der Waals surface area contributed by atoms with E-state index in [1.54, 1.807) is 0 Å². The molecule has 1 aromatic rings. The Kier molecular flexibility index (Phi) is 9.44. The van der Waals surface area contributed by atoms with Crippen LogP contribution in [0.15, 0.2) is 24.3 Å². The molecule has 0 spiro atoms. The number of rotatable bonds is 6. The summed E-state index contributed by atoms with van der Waals surface area (Å²) >= 11 is 0. The summed E-state index contributed by atoms with van der Waals surface area (Å²) in [4.78, 5) is 14.0. The molecule has 1 aromatic carbocycles. The van der Waals surface area contributed by atoms with Crippen molar-refractivity contribution in [1.82, 2.24) is 5.32 Å². The molecule has 22 heavy (non-hydrogen) atoms. The van der Waals surface area contributed by atoms with Crippen molar-refractivity contribution < 1.29 is 9.53 Å². The third kappa shape index (κ3) is 5.02. The molecular weight excluding hydrogens is 325 g/mol. The van der Waals surface area contributed by atoms with Gasteiger partial charge in [0.15, 0.2) is 0 Å². The molecule has 3 N–H and O–H groups in total. The van der Waals surface area contributed by atoms with Gasteiger partial charge < -0.3 is 20.7 Å². The number of fused-ring (bicyclic) bond motifs is 1. The first-order chi connectivity index (χ1) is 9.63. The summed E-state index contributed by atoms with van der Waals surface area (Å²) in [6.45, 7) is 3.84. The minimum atomic E-state index is -0.594. The smallest absolute Gasteiger partial charge is 0.239 e. The SMILES string of the molecule is COCC(N)C(=O)NCCN1c2ccccc2CC1C.Cl.Cl. The zero-order chi connectivity index (χ0) is 14.5. The standard InChI is InChI=1S/C15H23N3O2.2ClH/c1-11-9-12-5-3-4-6-14(12)18(11)8-7-17-15(19)13(16)10-20-2;;/h3-6,11,13H,7-10,16H2,1-2H3,(H,17,19);2*1H. The third-order valence-electron chi connectivity index (χ3n) is 3.68. The summed E-state index contributed by atoms with van der Waals surface area (Å²) in [5.41, 5.74) is 8.33. The number of ether oxygens (including phenoxy) is 1. The van der Waals surface area contributed by atoms with Gasteiger partial charge in [0.1, 0.15) is 6.04 Å².